The first-order chi connectivity index (χ1) is 13.6. The molecule has 0 saturated carbocycles. The summed E-state index contributed by atoms with van der Waals surface area (Å²) < 4.78 is 111. The minimum absolute atomic E-state index is 0.240. The van der Waals surface area contributed by atoms with Crippen molar-refractivity contribution in [1.82, 2.24) is 4.72 Å². The quantitative estimate of drug-likeness (QED) is 0.630. The highest BCUT2D eigenvalue weighted by Crippen LogP contribution is 2.36. The van der Waals surface area contributed by atoms with Crippen LogP contribution in [0.5, 0.6) is 5.75 Å². The van der Waals surface area contributed by atoms with Gasteiger partial charge in [0.1, 0.15) is 12.4 Å². The van der Waals surface area contributed by atoms with Gasteiger partial charge in [-0.2, -0.15) is 31.1 Å². The molecule has 0 aliphatic heterocycles. The molecule has 166 valence electrons. The number of para-hydroxylation sites is 1. The van der Waals surface area contributed by atoms with Crippen molar-refractivity contribution < 1.29 is 39.5 Å². The van der Waals surface area contributed by atoms with Gasteiger partial charge in [-0.25, -0.2) is 8.42 Å². The van der Waals surface area contributed by atoms with E-state index in [1.807, 2.05) is 0 Å². The predicted octanol–water partition coefficient (Wildman–Crippen LogP) is 4.92. The standard InChI is InChI=1S/C19H19F6NO3S/c1-11-8-12(2)17(13(3)9-11)30(27,28)26-16(19(23,24)25)10-29-15-7-5-4-6-14(15)18(20,21)22/h4-9,16,26H,10H2,1-3H3. The van der Waals surface area contributed by atoms with E-state index < -0.39 is 46.3 Å². The lowest BCUT2D eigenvalue weighted by Gasteiger charge is -2.24. The number of hydrogen-bond acceptors (Lipinski definition) is 3. The van der Waals surface area contributed by atoms with Crippen molar-refractivity contribution in [1.29, 1.82) is 0 Å². The molecule has 4 nitrogen and oxygen atoms in total. The molecule has 0 spiro atoms. The summed E-state index contributed by atoms with van der Waals surface area (Å²) >= 11 is 0. The molecule has 0 heterocycles. The Hall–Kier alpha value is -2.27. The third kappa shape index (κ3) is 5.66. The highest BCUT2D eigenvalue weighted by Gasteiger charge is 2.44. The minimum Gasteiger partial charge on any atom is -0.491 e. The van der Waals surface area contributed by atoms with E-state index in [2.05, 4.69) is 0 Å². The number of rotatable bonds is 6. The fourth-order valence-electron chi connectivity index (χ4n) is 3.03. The molecule has 30 heavy (non-hydrogen) atoms. The molecule has 0 aliphatic rings. The molecule has 0 radical (unpaired) electrons. The Balaban J connectivity index is 2.33. The molecule has 0 aliphatic carbocycles. The second-order valence-electron chi connectivity index (χ2n) is 6.75. The van der Waals surface area contributed by atoms with Gasteiger partial charge in [0, 0.05) is 0 Å². The fraction of sp³-hybridized carbons (Fsp3) is 0.368. The Kier molecular flexibility index (Phi) is 6.77. The predicted molar refractivity (Wildman–Crippen MR) is 97.8 cm³/mol. The maximum atomic E-state index is 13.4. The summed E-state index contributed by atoms with van der Waals surface area (Å²) in [6.07, 6.45) is -9.95. The van der Waals surface area contributed by atoms with Gasteiger partial charge in [-0.1, -0.05) is 29.8 Å². The summed E-state index contributed by atoms with van der Waals surface area (Å²) in [5.74, 6) is -0.832. The molecule has 0 saturated heterocycles. The summed E-state index contributed by atoms with van der Waals surface area (Å²) in [5, 5.41) is 0. The second kappa shape index (κ2) is 8.46. The van der Waals surface area contributed by atoms with E-state index in [1.165, 1.54) is 30.7 Å². The van der Waals surface area contributed by atoms with E-state index in [0.717, 1.165) is 23.8 Å². The molecule has 2 rings (SSSR count). The number of aryl methyl sites for hydroxylation is 3. The normalized spacial score (nSPS) is 13.9. The molecule has 2 aromatic rings. The molecule has 11 heteroatoms. The van der Waals surface area contributed by atoms with E-state index in [4.69, 9.17) is 4.74 Å². The minimum atomic E-state index is -5.10. The van der Waals surface area contributed by atoms with Crippen molar-refractivity contribution in [3.05, 3.63) is 58.7 Å². The molecule has 0 bridgehead atoms. The lowest BCUT2D eigenvalue weighted by Crippen LogP contribution is -2.49. The van der Waals surface area contributed by atoms with E-state index in [1.54, 1.807) is 6.92 Å². The van der Waals surface area contributed by atoms with Crippen molar-refractivity contribution >= 4 is 10.0 Å². The van der Waals surface area contributed by atoms with Crippen molar-refractivity contribution in [2.45, 2.75) is 44.1 Å². The Morgan fingerprint density at radius 2 is 1.50 bits per heavy atom. The van der Waals surface area contributed by atoms with E-state index in [9.17, 15) is 34.8 Å². The smallest absolute Gasteiger partial charge is 0.419 e. The number of alkyl halides is 6. The highest BCUT2D eigenvalue weighted by atomic mass is 32.2. The van der Waals surface area contributed by atoms with E-state index >= 15 is 0 Å². The van der Waals surface area contributed by atoms with Gasteiger partial charge in [-0.05, 0) is 44.0 Å². The zero-order valence-corrected chi connectivity index (χ0v) is 17.0. The molecular weight excluding hydrogens is 436 g/mol. The molecule has 0 fully saturated rings. The second-order valence-corrected chi connectivity index (χ2v) is 8.40. The van der Waals surface area contributed by atoms with Crippen LogP contribution in [0.3, 0.4) is 0 Å². The lowest BCUT2D eigenvalue weighted by molar-refractivity contribution is -0.158. The first-order valence-corrected chi connectivity index (χ1v) is 10.1. The van der Waals surface area contributed by atoms with Crippen LogP contribution < -0.4 is 9.46 Å². The Bertz CT molecular complexity index is 993. The summed E-state index contributed by atoms with van der Waals surface area (Å²) in [7, 11) is -4.64. The molecule has 1 unspecified atom stereocenters. The van der Waals surface area contributed by atoms with Gasteiger partial charge in [-0.15, -0.1) is 0 Å². The third-order valence-electron chi connectivity index (χ3n) is 4.16. The van der Waals surface area contributed by atoms with Crippen LogP contribution in [-0.2, 0) is 16.2 Å². The summed E-state index contributed by atoms with van der Waals surface area (Å²) in [5.41, 5.74) is -0.0593. The monoisotopic (exact) mass is 455 g/mol. The highest BCUT2D eigenvalue weighted by molar-refractivity contribution is 7.89. The third-order valence-corrected chi connectivity index (χ3v) is 5.94. The number of halogens is 6. The SMILES string of the molecule is Cc1cc(C)c(S(=O)(=O)NC(COc2ccccc2C(F)(F)F)C(F)(F)F)c(C)c1. The number of ether oxygens (including phenoxy) is 1. The molecule has 0 amide bonds. The zero-order valence-electron chi connectivity index (χ0n) is 16.1. The van der Waals surface area contributed by atoms with Crippen LogP contribution in [0.2, 0.25) is 0 Å². The van der Waals surface area contributed by atoms with Crippen LogP contribution in [0.15, 0.2) is 41.3 Å². The number of nitrogens with one attached hydrogen (secondary N) is 1. The van der Waals surface area contributed by atoms with Crippen LogP contribution >= 0.6 is 0 Å². The maximum absolute atomic E-state index is 13.4. The maximum Gasteiger partial charge on any atom is 0.419 e. The first kappa shape index (κ1) is 24.0. The van der Waals surface area contributed by atoms with Gasteiger partial charge in [0.15, 0.2) is 6.04 Å². The van der Waals surface area contributed by atoms with Gasteiger partial charge < -0.3 is 4.74 Å². The molecule has 1 N–H and O–H groups in total. The molecule has 1 atom stereocenters. The molecule has 0 aromatic heterocycles. The van der Waals surface area contributed by atoms with E-state index in [-0.39, 0.29) is 16.0 Å². The summed E-state index contributed by atoms with van der Waals surface area (Å²) in [4.78, 5) is -0.321. The van der Waals surface area contributed by atoms with Crippen LogP contribution in [-0.4, -0.2) is 27.2 Å². The van der Waals surface area contributed by atoms with Crippen LogP contribution in [0.4, 0.5) is 26.3 Å². The lowest BCUT2D eigenvalue weighted by atomic mass is 10.1. The van der Waals surface area contributed by atoms with Gasteiger partial charge in [0.05, 0.1) is 10.5 Å². The largest absolute Gasteiger partial charge is 0.491 e. The van der Waals surface area contributed by atoms with Crippen molar-refractivity contribution in [3.63, 3.8) is 0 Å². The Morgan fingerprint density at radius 1 is 0.967 bits per heavy atom. The van der Waals surface area contributed by atoms with Crippen LogP contribution in [0.25, 0.3) is 0 Å². The zero-order chi connectivity index (χ0) is 22.9. The first-order valence-electron chi connectivity index (χ1n) is 8.59. The van der Waals surface area contributed by atoms with Gasteiger partial charge >= 0.3 is 12.4 Å². The molecule has 2 aromatic carbocycles. The fourth-order valence-corrected chi connectivity index (χ4v) is 4.69. The summed E-state index contributed by atoms with van der Waals surface area (Å²) in [6, 6.07) is 3.98. The van der Waals surface area contributed by atoms with Crippen LogP contribution in [0, 0.1) is 20.8 Å². The van der Waals surface area contributed by atoms with Gasteiger partial charge in [-0.3, -0.25) is 0 Å². The topological polar surface area (TPSA) is 55.4 Å². The van der Waals surface area contributed by atoms with Crippen LogP contribution in [0.1, 0.15) is 22.3 Å². The summed E-state index contributed by atoms with van der Waals surface area (Å²) in [6.45, 7) is 3.20. The van der Waals surface area contributed by atoms with Gasteiger partial charge in [0.2, 0.25) is 10.0 Å². The Morgan fingerprint density at radius 3 is 2.00 bits per heavy atom. The number of hydrogen-bond donors (Lipinski definition) is 1. The Labute approximate surface area is 169 Å². The number of benzene rings is 2. The van der Waals surface area contributed by atoms with Crippen molar-refractivity contribution in [2.24, 2.45) is 0 Å². The van der Waals surface area contributed by atoms with E-state index in [0.29, 0.717) is 6.07 Å². The average Bonchev–Trinajstić information content (AvgIpc) is 2.55. The van der Waals surface area contributed by atoms with Crippen molar-refractivity contribution in [3.8, 4) is 5.75 Å². The van der Waals surface area contributed by atoms with Gasteiger partial charge in [0.25, 0.3) is 0 Å². The van der Waals surface area contributed by atoms with Crippen molar-refractivity contribution in [2.75, 3.05) is 6.61 Å². The number of sulfonamides is 1. The average molecular weight is 455 g/mol. The molecular formula is C19H19F6NO3S.